The summed E-state index contributed by atoms with van der Waals surface area (Å²) in [7, 11) is 0. The van der Waals surface area contributed by atoms with Crippen molar-refractivity contribution in [2.24, 2.45) is 16.6 Å². The van der Waals surface area contributed by atoms with Crippen LogP contribution in [0.4, 0.5) is 18.9 Å². The lowest BCUT2D eigenvalue weighted by Crippen LogP contribution is -2.36. The van der Waals surface area contributed by atoms with Crippen molar-refractivity contribution in [1.82, 2.24) is 5.32 Å². The smallest absolute Gasteiger partial charge is 0.435 e. The number of hydrazone groups is 1. The summed E-state index contributed by atoms with van der Waals surface area (Å²) < 4.78 is 47.0. The largest absolute Gasteiger partial charge is 0.487 e. The molecule has 0 unspecified atom stereocenters. The number of halogens is 3. The lowest BCUT2D eigenvalue weighted by atomic mass is 10.1. The van der Waals surface area contributed by atoms with Crippen LogP contribution >= 0.6 is 0 Å². The fraction of sp³-hybridized carbons (Fsp3) is 0.190. The lowest BCUT2D eigenvalue weighted by Gasteiger charge is -2.26. The summed E-state index contributed by atoms with van der Waals surface area (Å²) >= 11 is 0. The molecule has 0 radical (unpaired) electrons. The second-order valence-electron chi connectivity index (χ2n) is 6.39. The lowest BCUT2D eigenvalue weighted by molar-refractivity contribution is -0.117. The molecule has 0 atom stereocenters. The molecule has 5 N–H and O–H groups in total. The summed E-state index contributed by atoms with van der Waals surface area (Å²) in [4.78, 5) is 23.6. The van der Waals surface area contributed by atoms with Crippen LogP contribution in [0.25, 0.3) is 0 Å². The molecule has 0 aliphatic carbocycles. The van der Waals surface area contributed by atoms with Gasteiger partial charge in [0.1, 0.15) is 23.7 Å². The van der Waals surface area contributed by atoms with Gasteiger partial charge in [0.15, 0.2) is 5.70 Å². The van der Waals surface area contributed by atoms with Gasteiger partial charge in [-0.05, 0) is 30.7 Å². The number of hydrogen-bond acceptors (Lipinski definition) is 6. The fourth-order valence-electron chi connectivity index (χ4n) is 2.71. The highest BCUT2D eigenvalue weighted by atomic mass is 19.4. The minimum absolute atomic E-state index is 0.0198. The standard InChI is InChI=1S/C21H22F3N5O3/c1-3-28-20(31)14-9-10-15(16(11-14)32-12-13-7-5-4-6-8-13)29(27-2)18(21(22,23)24)17(25)19(26)30/h4-11H,2-3,12,25H2,1H3,(H2,26,30)(H,28,31)/b18-17-. The summed E-state index contributed by atoms with van der Waals surface area (Å²) in [5.41, 5.74) is 8.05. The molecule has 8 nitrogen and oxygen atoms in total. The number of nitrogens with two attached hydrogens (primary N) is 2. The molecule has 0 aliphatic heterocycles. The zero-order valence-corrected chi connectivity index (χ0v) is 17.1. The van der Waals surface area contributed by atoms with Gasteiger partial charge in [-0.1, -0.05) is 30.3 Å². The summed E-state index contributed by atoms with van der Waals surface area (Å²) in [6.07, 6.45) is -5.10. The molecule has 0 spiro atoms. The Kier molecular flexibility index (Phi) is 7.83. The van der Waals surface area contributed by atoms with E-state index >= 15 is 0 Å². The predicted octanol–water partition coefficient (Wildman–Crippen LogP) is 2.66. The zero-order valence-electron chi connectivity index (χ0n) is 17.1. The van der Waals surface area contributed by atoms with Gasteiger partial charge in [-0.3, -0.25) is 9.59 Å². The van der Waals surface area contributed by atoms with Crippen LogP contribution in [0, 0.1) is 0 Å². The number of amides is 2. The number of benzene rings is 2. The van der Waals surface area contributed by atoms with E-state index in [2.05, 4.69) is 17.1 Å². The van der Waals surface area contributed by atoms with Crippen molar-refractivity contribution in [2.45, 2.75) is 19.7 Å². The molecule has 0 aliphatic rings. The van der Waals surface area contributed by atoms with E-state index in [1.807, 2.05) is 0 Å². The highest BCUT2D eigenvalue weighted by Crippen LogP contribution is 2.39. The van der Waals surface area contributed by atoms with Crippen LogP contribution < -0.4 is 26.5 Å². The Balaban J connectivity index is 2.62. The molecule has 0 saturated carbocycles. The second kappa shape index (κ2) is 10.3. The van der Waals surface area contributed by atoms with Crippen LogP contribution in [0.15, 0.2) is 65.0 Å². The average molecular weight is 449 g/mol. The van der Waals surface area contributed by atoms with E-state index in [-0.39, 0.29) is 23.6 Å². The van der Waals surface area contributed by atoms with Gasteiger partial charge in [-0.2, -0.15) is 18.3 Å². The highest BCUT2D eigenvalue weighted by molar-refractivity contribution is 5.96. The van der Waals surface area contributed by atoms with Crippen molar-refractivity contribution in [2.75, 3.05) is 11.6 Å². The second-order valence-corrected chi connectivity index (χ2v) is 6.39. The van der Waals surface area contributed by atoms with Crippen molar-refractivity contribution < 1.29 is 27.5 Å². The third-order valence-electron chi connectivity index (χ3n) is 4.17. The quantitative estimate of drug-likeness (QED) is 0.309. The molecule has 2 aromatic carbocycles. The third kappa shape index (κ3) is 5.78. The van der Waals surface area contributed by atoms with Gasteiger partial charge in [0.25, 0.3) is 11.8 Å². The van der Waals surface area contributed by atoms with E-state index in [0.29, 0.717) is 11.6 Å². The molecule has 0 aromatic heterocycles. The van der Waals surface area contributed by atoms with Crippen LogP contribution in [0.2, 0.25) is 0 Å². The van der Waals surface area contributed by atoms with E-state index in [9.17, 15) is 22.8 Å². The molecular formula is C21H22F3N5O3. The third-order valence-corrected chi connectivity index (χ3v) is 4.17. The molecule has 2 rings (SSSR count). The van der Waals surface area contributed by atoms with Crippen LogP contribution in [-0.2, 0) is 11.4 Å². The number of carbonyl (C=O) groups excluding carboxylic acids is 2. The number of ether oxygens (including phenoxy) is 1. The van der Waals surface area contributed by atoms with Gasteiger partial charge >= 0.3 is 6.18 Å². The number of nitrogens with one attached hydrogen (secondary N) is 1. The number of nitrogens with zero attached hydrogens (tertiary/aromatic N) is 2. The van der Waals surface area contributed by atoms with Crippen LogP contribution in [0.3, 0.4) is 0 Å². The van der Waals surface area contributed by atoms with Gasteiger partial charge in [-0.15, -0.1) is 0 Å². The summed E-state index contributed by atoms with van der Waals surface area (Å²) in [6, 6.07) is 12.5. The first-order chi connectivity index (χ1) is 15.1. The Hall–Kier alpha value is -4.02. The van der Waals surface area contributed by atoms with Gasteiger partial charge in [0.05, 0.1) is 0 Å². The van der Waals surface area contributed by atoms with Crippen LogP contribution in [0.1, 0.15) is 22.8 Å². The number of rotatable bonds is 9. The zero-order chi connectivity index (χ0) is 23.9. The molecule has 0 heterocycles. The highest BCUT2D eigenvalue weighted by Gasteiger charge is 2.43. The first-order valence-corrected chi connectivity index (χ1v) is 9.32. The molecule has 0 fully saturated rings. The Labute approximate surface area is 182 Å². The Morgan fingerprint density at radius 3 is 2.34 bits per heavy atom. The molecule has 2 aromatic rings. The first-order valence-electron chi connectivity index (χ1n) is 9.32. The Morgan fingerprint density at radius 1 is 1.16 bits per heavy atom. The van der Waals surface area contributed by atoms with E-state index in [1.165, 1.54) is 18.2 Å². The summed E-state index contributed by atoms with van der Waals surface area (Å²) in [5.74, 6) is -2.06. The molecule has 0 bridgehead atoms. The van der Waals surface area contributed by atoms with Gasteiger partial charge in [-0.25, -0.2) is 5.01 Å². The monoisotopic (exact) mass is 449 g/mol. The van der Waals surface area contributed by atoms with E-state index in [1.54, 1.807) is 37.3 Å². The van der Waals surface area contributed by atoms with Crippen molar-refractivity contribution in [3.8, 4) is 5.75 Å². The Bertz CT molecular complexity index is 1020. The van der Waals surface area contributed by atoms with Crippen molar-refractivity contribution >= 4 is 24.2 Å². The van der Waals surface area contributed by atoms with Crippen molar-refractivity contribution in [1.29, 1.82) is 0 Å². The molecular weight excluding hydrogens is 427 g/mol. The topological polar surface area (TPSA) is 123 Å². The maximum absolute atomic E-state index is 13.8. The Morgan fingerprint density at radius 2 is 1.81 bits per heavy atom. The maximum Gasteiger partial charge on any atom is 0.435 e. The fourth-order valence-corrected chi connectivity index (χ4v) is 2.71. The minimum Gasteiger partial charge on any atom is -0.487 e. The van der Waals surface area contributed by atoms with E-state index in [0.717, 1.165) is 5.56 Å². The number of alkyl halides is 3. The number of allylic oxidation sites excluding steroid dienone is 1. The van der Waals surface area contributed by atoms with Gasteiger partial charge in [0.2, 0.25) is 0 Å². The molecule has 170 valence electrons. The SMILES string of the molecule is C=NN(/C(=C(\N)C(N)=O)C(F)(F)F)c1ccc(C(=O)NCC)cc1OCc1ccccc1. The first kappa shape index (κ1) is 24.3. The molecule has 2 amide bonds. The summed E-state index contributed by atoms with van der Waals surface area (Å²) in [5, 5.41) is 6.29. The normalized spacial score (nSPS) is 11.9. The average Bonchev–Trinajstić information content (AvgIpc) is 2.75. The van der Waals surface area contributed by atoms with Gasteiger partial charge in [0, 0.05) is 18.8 Å². The predicted molar refractivity (Wildman–Crippen MR) is 114 cm³/mol. The number of primary amides is 1. The summed E-state index contributed by atoms with van der Waals surface area (Å²) in [6.45, 7) is 5.20. The van der Waals surface area contributed by atoms with Gasteiger partial charge < -0.3 is 21.5 Å². The maximum atomic E-state index is 13.8. The van der Waals surface area contributed by atoms with E-state index in [4.69, 9.17) is 16.2 Å². The minimum atomic E-state index is -5.10. The number of carbonyl (C=O) groups is 2. The van der Waals surface area contributed by atoms with Crippen molar-refractivity contribution in [3.05, 3.63) is 71.1 Å². The molecule has 11 heteroatoms. The number of hydrogen-bond donors (Lipinski definition) is 3. The van der Waals surface area contributed by atoms with Crippen molar-refractivity contribution in [3.63, 3.8) is 0 Å². The van der Waals surface area contributed by atoms with Crippen LogP contribution in [0.5, 0.6) is 5.75 Å². The molecule has 32 heavy (non-hydrogen) atoms. The van der Waals surface area contributed by atoms with E-state index < -0.39 is 29.4 Å². The number of anilines is 1. The molecule has 0 saturated heterocycles. The van der Waals surface area contributed by atoms with Crippen LogP contribution in [-0.4, -0.2) is 31.3 Å².